The van der Waals surface area contributed by atoms with Crippen molar-refractivity contribution >= 4 is 23.2 Å². The van der Waals surface area contributed by atoms with E-state index >= 15 is 0 Å². The van der Waals surface area contributed by atoms with E-state index in [0.29, 0.717) is 18.0 Å². The molecule has 3 nitrogen and oxygen atoms in total. The SMILES string of the molecule is CCOc1ccccc1NC(=O)[C@H](Cl)c1ccccc1. The lowest BCUT2D eigenvalue weighted by atomic mass is 10.1. The summed E-state index contributed by atoms with van der Waals surface area (Å²) in [5.41, 5.74) is 1.39. The molecule has 0 fully saturated rings. The summed E-state index contributed by atoms with van der Waals surface area (Å²) in [7, 11) is 0. The van der Waals surface area contributed by atoms with Crippen LogP contribution in [0.2, 0.25) is 0 Å². The minimum absolute atomic E-state index is 0.273. The predicted molar refractivity (Wildman–Crippen MR) is 81.3 cm³/mol. The first-order valence-electron chi connectivity index (χ1n) is 6.44. The second kappa shape index (κ2) is 6.96. The Kier molecular flexibility index (Phi) is 5.02. The first kappa shape index (κ1) is 14.4. The summed E-state index contributed by atoms with van der Waals surface area (Å²) in [6, 6.07) is 16.5. The molecule has 0 aliphatic heterocycles. The van der Waals surface area contributed by atoms with E-state index in [1.807, 2.05) is 55.5 Å². The molecule has 0 heterocycles. The van der Waals surface area contributed by atoms with Crippen molar-refractivity contribution in [2.45, 2.75) is 12.3 Å². The van der Waals surface area contributed by atoms with Crippen LogP contribution in [0, 0.1) is 0 Å². The minimum Gasteiger partial charge on any atom is -0.492 e. The van der Waals surface area contributed by atoms with E-state index in [9.17, 15) is 4.79 Å². The van der Waals surface area contributed by atoms with Crippen molar-refractivity contribution in [1.82, 2.24) is 0 Å². The Balaban J connectivity index is 2.12. The van der Waals surface area contributed by atoms with Crippen LogP contribution in [-0.2, 0) is 4.79 Å². The summed E-state index contributed by atoms with van der Waals surface area (Å²) < 4.78 is 5.47. The van der Waals surface area contributed by atoms with Gasteiger partial charge in [0.1, 0.15) is 11.1 Å². The molecule has 104 valence electrons. The Morgan fingerprint density at radius 3 is 2.50 bits per heavy atom. The zero-order valence-electron chi connectivity index (χ0n) is 11.2. The number of amides is 1. The summed E-state index contributed by atoms with van der Waals surface area (Å²) in [5.74, 6) is 0.366. The van der Waals surface area contributed by atoms with Crippen molar-refractivity contribution in [2.75, 3.05) is 11.9 Å². The van der Waals surface area contributed by atoms with Crippen LogP contribution in [0.5, 0.6) is 5.75 Å². The van der Waals surface area contributed by atoms with Crippen LogP contribution >= 0.6 is 11.6 Å². The lowest BCUT2D eigenvalue weighted by Crippen LogP contribution is -2.17. The van der Waals surface area contributed by atoms with Gasteiger partial charge in [0, 0.05) is 0 Å². The molecule has 1 atom stereocenters. The highest BCUT2D eigenvalue weighted by molar-refractivity contribution is 6.32. The fraction of sp³-hybridized carbons (Fsp3) is 0.188. The summed E-state index contributed by atoms with van der Waals surface area (Å²) >= 11 is 6.18. The normalized spacial score (nSPS) is 11.7. The fourth-order valence-corrected chi connectivity index (χ4v) is 2.02. The summed E-state index contributed by atoms with van der Waals surface area (Å²) in [5, 5.41) is 2.07. The monoisotopic (exact) mass is 289 g/mol. The highest BCUT2D eigenvalue weighted by Gasteiger charge is 2.18. The number of halogens is 1. The van der Waals surface area contributed by atoms with Crippen molar-refractivity contribution in [1.29, 1.82) is 0 Å². The number of hydrogen-bond acceptors (Lipinski definition) is 2. The van der Waals surface area contributed by atoms with E-state index in [1.165, 1.54) is 0 Å². The molecule has 0 radical (unpaired) electrons. The van der Waals surface area contributed by atoms with Gasteiger partial charge in [-0.1, -0.05) is 42.5 Å². The van der Waals surface area contributed by atoms with Crippen molar-refractivity contribution in [3.63, 3.8) is 0 Å². The zero-order chi connectivity index (χ0) is 14.4. The molecular weight excluding hydrogens is 274 g/mol. The third kappa shape index (κ3) is 3.52. The predicted octanol–water partition coefficient (Wildman–Crippen LogP) is 4.00. The van der Waals surface area contributed by atoms with Crippen molar-refractivity contribution < 1.29 is 9.53 Å². The number of carbonyl (C=O) groups is 1. The van der Waals surface area contributed by atoms with E-state index in [-0.39, 0.29) is 5.91 Å². The molecule has 1 N–H and O–H groups in total. The summed E-state index contributed by atoms with van der Waals surface area (Å²) in [6.45, 7) is 2.43. The van der Waals surface area contributed by atoms with E-state index in [1.54, 1.807) is 6.07 Å². The molecule has 0 bridgehead atoms. The topological polar surface area (TPSA) is 38.3 Å². The molecule has 1 amide bonds. The maximum absolute atomic E-state index is 12.2. The number of anilines is 1. The standard InChI is InChI=1S/C16H16ClNO2/c1-2-20-14-11-7-6-10-13(14)18-16(19)15(17)12-8-4-3-5-9-12/h3-11,15H,2H2,1H3,(H,18,19)/t15-/m1/s1. The van der Waals surface area contributed by atoms with Crippen LogP contribution < -0.4 is 10.1 Å². The minimum atomic E-state index is -0.731. The number of benzene rings is 2. The number of rotatable bonds is 5. The first-order chi connectivity index (χ1) is 9.72. The van der Waals surface area contributed by atoms with Crippen LogP contribution in [0.3, 0.4) is 0 Å². The Bertz CT molecular complexity index is 572. The number of para-hydroxylation sites is 2. The third-order valence-electron chi connectivity index (χ3n) is 2.77. The molecule has 0 aliphatic carbocycles. The van der Waals surface area contributed by atoms with Gasteiger partial charge in [-0.25, -0.2) is 0 Å². The second-order valence-corrected chi connectivity index (χ2v) is 4.63. The van der Waals surface area contributed by atoms with Gasteiger partial charge in [-0.15, -0.1) is 11.6 Å². The smallest absolute Gasteiger partial charge is 0.247 e. The molecule has 20 heavy (non-hydrogen) atoms. The number of ether oxygens (including phenoxy) is 1. The van der Waals surface area contributed by atoms with E-state index < -0.39 is 5.38 Å². The number of nitrogens with one attached hydrogen (secondary N) is 1. The Morgan fingerprint density at radius 2 is 1.80 bits per heavy atom. The maximum atomic E-state index is 12.2. The molecule has 4 heteroatoms. The van der Waals surface area contributed by atoms with Gasteiger partial charge >= 0.3 is 0 Å². The van der Waals surface area contributed by atoms with Crippen molar-refractivity contribution in [3.05, 3.63) is 60.2 Å². The molecule has 2 rings (SSSR count). The second-order valence-electron chi connectivity index (χ2n) is 4.19. The molecule has 0 saturated heterocycles. The van der Waals surface area contributed by atoms with E-state index in [2.05, 4.69) is 5.32 Å². The van der Waals surface area contributed by atoms with Gasteiger partial charge in [-0.3, -0.25) is 4.79 Å². The average Bonchev–Trinajstić information content (AvgIpc) is 2.49. The van der Waals surface area contributed by atoms with Crippen LogP contribution in [-0.4, -0.2) is 12.5 Å². The fourth-order valence-electron chi connectivity index (χ4n) is 1.82. The molecule has 0 spiro atoms. The molecule has 0 aliphatic rings. The van der Waals surface area contributed by atoms with Crippen LogP contribution in [0.4, 0.5) is 5.69 Å². The summed E-state index contributed by atoms with van der Waals surface area (Å²) in [6.07, 6.45) is 0. The van der Waals surface area contributed by atoms with Crippen LogP contribution in [0.15, 0.2) is 54.6 Å². The highest BCUT2D eigenvalue weighted by Crippen LogP contribution is 2.27. The van der Waals surface area contributed by atoms with E-state index in [4.69, 9.17) is 16.3 Å². The number of alkyl halides is 1. The lowest BCUT2D eigenvalue weighted by molar-refractivity contribution is -0.116. The van der Waals surface area contributed by atoms with Gasteiger partial charge in [0.2, 0.25) is 5.91 Å². The largest absolute Gasteiger partial charge is 0.492 e. The van der Waals surface area contributed by atoms with Crippen LogP contribution in [0.25, 0.3) is 0 Å². The van der Waals surface area contributed by atoms with Gasteiger partial charge in [-0.05, 0) is 24.6 Å². The Morgan fingerprint density at radius 1 is 1.15 bits per heavy atom. The average molecular weight is 290 g/mol. The quantitative estimate of drug-likeness (QED) is 0.845. The molecule has 0 aromatic heterocycles. The van der Waals surface area contributed by atoms with Gasteiger partial charge in [-0.2, -0.15) is 0 Å². The van der Waals surface area contributed by atoms with Gasteiger partial charge in [0.25, 0.3) is 0 Å². The molecule has 0 saturated carbocycles. The number of carbonyl (C=O) groups excluding carboxylic acids is 1. The molecular formula is C16H16ClNO2. The molecule has 2 aromatic rings. The molecule has 0 unspecified atom stereocenters. The van der Waals surface area contributed by atoms with Gasteiger partial charge in [0.05, 0.1) is 12.3 Å². The zero-order valence-corrected chi connectivity index (χ0v) is 11.9. The highest BCUT2D eigenvalue weighted by atomic mass is 35.5. The summed E-state index contributed by atoms with van der Waals surface area (Å²) in [4.78, 5) is 12.2. The van der Waals surface area contributed by atoms with Crippen molar-refractivity contribution in [2.24, 2.45) is 0 Å². The Labute approximate surface area is 123 Å². The molecule has 2 aromatic carbocycles. The number of hydrogen-bond donors (Lipinski definition) is 1. The first-order valence-corrected chi connectivity index (χ1v) is 6.87. The Hall–Kier alpha value is -2.00. The maximum Gasteiger partial charge on any atom is 0.247 e. The van der Waals surface area contributed by atoms with Crippen LogP contribution in [0.1, 0.15) is 17.9 Å². The third-order valence-corrected chi connectivity index (χ3v) is 3.22. The lowest BCUT2D eigenvalue weighted by Gasteiger charge is -2.14. The van der Waals surface area contributed by atoms with Gasteiger partial charge in [0.15, 0.2) is 0 Å². The van der Waals surface area contributed by atoms with Crippen molar-refractivity contribution in [3.8, 4) is 5.75 Å². The van der Waals surface area contributed by atoms with Gasteiger partial charge < -0.3 is 10.1 Å². The van der Waals surface area contributed by atoms with E-state index in [0.717, 1.165) is 5.56 Å².